The molecule has 2 heterocycles. The number of halogens is 1. The zero-order valence-electron chi connectivity index (χ0n) is 11.8. The van der Waals surface area contributed by atoms with Gasteiger partial charge in [0.1, 0.15) is 5.15 Å². The Labute approximate surface area is 124 Å². The van der Waals surface area contributed by atoms with Gasteiger partial charge >= 0.3 is 0 Å². The van der Waals surface area contributed by atoms with Gasteiger partial charge in [0, 0.05) is 49.2 Å². The van der Waals surface area contributed by atoms with E-state index in [4.69, 9.17) is 17.3 Å². The lowest BCUT2D eigenvalue weighted by molar-refractivity contribution is -0.127. The normalized spacial score (nSPS) is 17.4. The molecule has 0 atom stereocenters. The van der Waals surface area contributed by atoms with Crippen molar-refractivity contribution in [2.24, 2.45) is 5.73 Å². The van der Waals surface area contributed by atoms with Crippen LogP contribution in [0, 0.1) is 6.92 Å². The second-order valence-electron chi connectivity index (χ2n) is 5.02. The highest BCUT2D eigenvalue weighted by atomic mass is 35.5. The van der Waals surface area contributed by atoms with Crippen molar-refractivity contribution in [2.45, 2.75) is 6.92 Å². The molecular weight excluding hydrogens is 276 g/mol. The molecule has 1 fully saturated rings. The molecule has 2 N–H and O–H groups in total. The van der Waals surface area contributed by atoms with Gasteiger partial charge in [-0.1, -0.05) is 11.6 Å². The third-order valence-corrected chi connectivity index (χ3v) is 3.68. The van der Waals surface area contributed by atoms with Crippen molar-refractivity contribution in [2.75, 3.05) is 33.2 Å². The van der Waals surface area contributed by atoms with Crippen molar-refractivity contribution in [1.29, 1.82) is 0 Å². The number of rotatable bonds is 2. The molecule has 1 aromatic rings. The van der Waals surface area contributed by atoms with Crippen LogP contribution >= 0.6 is 11.6 Å². The van der Waals surface area contributed by atoms with E-state index in [1.807, 2.05) is 20.0 Å². The number of piperazine rings is 1. The maximum absolute atomic E-state index is 12.2. The van der Waals surface area contributed by atoms with Crippen LogP contribution in [0.15, 0.2) is 18.2 Å². The summed E-state index contributed by atoms with van der Waals surface area (Å²) in [5.41, 5.74) is 7.73. The van der Waals surface area contributed by atoms with Gasteiger partial charge in [-0.25, -0.2) is 4.98 Å². The lowest BCUT2D eigenvalue weighted by Gasteiger charge is -2.31. The third-order valence-electron chi connectivity index (χ3n) is 3.39. The van der Waals surface area contributed by atoms with Crippen LogP contribution in [0.25, 0.3) is 5.70 Å². The van der Waals surface area contributed by atoms with Crippen LogP contribution in [0.5, 0.6) is 0 Å². The van der Waals surface area contributed by atoms with Crippen LogP contribution < -0.4 is 5.73 Å². The summed E-state index contributed by atoms with van der Waals surface area (Å²) in [7, 11) is 2.05. The highest BCUT2D eigenvalue weighted by Crippen LogP contribution is 2.19. The number of nitrogens with two attached hydrogens (primary N) is 1. The maximum atomic E-state index is 12.2. The van der Waals surface area contributed by atoms with E-state index in [1.54, 1.807) is 11.0 Å². The van der Waals surface area contributed by atoms with Gasteiger partial charge in [-0.15, -0.1) is 0 Å². The molecular formula is C14H19ClN4O. The summed E-state index contributed by atoms with van der Waals surface area (Å²) < 4.78 is 0. The predicted octanol–water partition coefficient (Wildman–Crippen LogP) is 1.12. The molecule has 0 aromatic carbocycles. The molecule has 5 nitrogen and oxygen atoms in total. The van der Waals surface area contributed by atoms with E-state index in [-0.39, 0.29) is 5.91 Å². The lowest BCUT2D eigenvalue weighted by Crippen LogP contribution is -2.46. The van der Waals surface area contributed by atoms with Gasteiger partial charge in [0.05, 0.1) is 0 Å². The zero-order valence-corrected chi connectivity index (χ0v) is 12.5. The van der Waals surface area contributed by atoms with Crippen molar-refractivity contribution >= 4 is 23.2 Å². The van der Waals surface area contributed by atoms with E-state index in [0.29, 0.717) is 16.4 Å². The molecule has 1 aromatic heterocycles. The van der Waals surface area contributed by atoms with Crippen LogP contribution in [0.2, 0.25) is 5.15 Å². The summed E-state index contributed by atoms with van der Waals surface area (Å²) >= 11 is 6.05. The van der Waals surface area contributed by atoms with Crippen molar-refractivity contribution in [1.82, 2.24) is 14.8 Å². The summed E-state index contributed by atoms with van der Waals surface area (Å²) in [6.07, 6.45) is 1.43. The lowest BCUT2D eigenvalue weighted by atomic mass is 10.2. The monoisotopic (exact) mass is 294 g/mol. The minimum atomic E-state index is -0.0766. The fourth-order valence-corrected chi connectivity index (χ4v) is 2.37. The molecule has 1 aliphatic heterocycles. The second-order valence-corrected chi connectivity index (χ2v) is 5.38. The fraction of sp³-hybridized carbons (Fsp3) is 0.429. The smallest absolute Gasteiger partial charge is 0.248 e. The Kier molecular flexibility index (Phi) is 4.62. The highest BCUT2D eigenvalue weighted by Gasteiger charge is 2.18. The number of hydrogen-bond acceptors (Lipinski definition) is 4. The minimum Gasteiger partial charge on any atom is -0.398 e. The number of carbonyl (C=O) groups excluding carboxylic acids is 1. The molecule has 0 aliphatic carbocycles. The van der Waals surface area contributed by atoms with Crippen LogP contribution in [0.1, 0.15) is 11.3 Å². The molecule has 20 heavy (non-hydrogen) atoms. The molecule has 1 aliphatic rings. The number of aryl methyl sites for hydroxylation is 1. The summed E-state index contributed by atoms with van der Waals surface area (Å²) in [5.74, 6) is -0.0766. The standard InChI is InChI=1S/C14H19ClN4O/c1-10-3-4-11(14(15)17-10)12(16)9-13(20)19-7-5-18(2)6-8-19/h3-4,9H,5-8,16H2,1-2H3/b12-9-. The van der Waals surface area contributed by atoms with E-state index < -0.39 is 0 Å². The minimum absolute atomic E-state index is 0.0766. The molecule has 6 heteroatoms. The topological polar surface area (TPSA) is 62.5 Å². The Bertz CT molecular complexity index is 536. The predicted molar refractivity (Wildman–Crippen MR) is 80.2 cm³/mol. The van der Waals surface area contributed by atoms with Crippen molar-refractivity contribution in [3.63, 3.8) is 0 Å². The van der Waals surface area contributed by atoms with E-state index in [2.05, 4.69) is 9.88 Å². The third kappa shape index (κ3) is 3.49. The zero-order chi connectivity index (χ0) is 14.7. The molecule has 0 radical (unpaired) electrons. The molecule has 0 saturated carbocycles. The van der Waals surface area contributed by atoms with Gasteiger partial charge in [-0.3, -0.25) is 4.79 Å². The van der Waals surface area contributed by atoms with Crippen LogP contribution in [0.4, 0.5) is 0 Å². The van der Waals surface area contributed by atoms with Gasteiger partial charge in [0.25, 0.3) is 0 Å². The number of nitrogens with zero attached hydrogens (tertiary/aromatic N) is 3. The first-order valence-corrected chi connectivity index (χ1v) is 6.93. The van der Waals surface area contributed by atoms with E-state index in [0.717, 1.165) is 31.9 Å². The van der Waals surface area contributed by atoms with Crippen molar-refractivity contribution < 1.29 is 4.79 Å². The summed E-state index contributed by atoms with van der Waals surface area (Å²) in [6, 6.07) is 3.61. The van der Waals surface area contributed by atoms with E-state index in [9.17, 15) is 4.79 Å². The molecule has 2 rings (SSSR count). The van der Waals surface area contributed by atoms with Crippen molar-refractivity contribution in [3.05, 3.63) is 34.6 Å². The van der Waals surface area contributed by atoms with Crippen molar-refractivity contribution in [3.8, 4) is 0 Å². The molecule has 0 bridgehead atoms. The molecule has 0 spiro atoms. The number of amides is 1. The Hall–Kier alpha value is -1.59. The molecule has 1 amide bonds. The first-order chi connectivity index (χ1) is 9.47. The largest absolute Gasteiger partial charge is 0.398 e. The van der Waals surface area contributed by atoms with Gasteiger partial charge in [0.2, 0.25) is 5.91 Å². The van der Waals surface area contributed by atoms with Crippen LogP contribution in [-0.4, -0.2) is 53.9 Å². The summed E-state index contributed by atoms with van der Waals surface area (Å²) in [5, 5.41) is 0.324. The maximum Gasteiger partial charge on any atom is 0.248 e. The quantitative estimate of drug-likeness (QED) is 0.656. The second kappa shape index (κ2) is 6.24. The number of carbonyl (C=O) groups is 1. The Morgan fingerprint density at radius 3 is 2.60 bits per heavy atom. The average molecular weight is 295 g/mol. The van der Waals surface area contributed by atoms with Gasteiger partial charge in [-0.2, -0.15) is 0 Å². The van der Waals surface area contributed by atoms with Gasteiger partial charge < -0.3 is 15.5 Å². The van der Waals surface area contributed by atoms with Crippen LogP contribution in [0.3, 0.4) is 0 Å². The average Bonchev–Trinajstić information content (AvgIpc) is 2.39. The first kappa shape index (κ1) is 14.8. The van der Waals surface area contributed by atoms with Gasteiger partial charge in [-0.05, 0) is 26.1 Å². The Balaban J connectivity index is 2.11. The highest BCUT2D eigenvalue weighted by molar-refractivity contribution is 6.31. The SMILES string of the molecule is Cc1ccc(/C(N)=C/C(=O)N2CCN(C)CC2)c(Cl)n1. The number of hydrogen-bond donors (Lipinski definition) is 1. The number of aromatic nitrogens is 1. The molecule has 1 saturated heterocycles. The molecule has 108 valence electrons. The van der Waals surface area contributed by atoms with Crippen LogP contribution in [-0.2, 0) is 4.79 Å². The van der Waals surface area contributed by atoms with E-state index in [1.165, 1.54) is 6.08 Å². The Morgan fingerprint density at radius 1 is 1.35 bits per heavy atom. The Morgan fingerprint density at radius 2 is 2.00 bits per heavy atom. The summed E-state index contributed by atoms with van der Waals surface area (Å²) in [4.78, 5) is 20.3. The first-order valence-electron chi connectivity index (χ1n) is 6.55. The van der Waals surface area contributed by atoms with E-state index >= 15 is 0 Å². The molecule has 0 unspecified atom stereocenters. The fourth-order valence-electron chi connectivity index (χ4n) is 2.07. The number of pyridine rings is 1. The number of likely N-dealkylation sites (N-methyl/N-ethyl adjacent to an activating group) is 1. The summed E-state index contributed by atoms with van der Waals surface area (Å²) in [6.45, 7) is 5.06. The van der Waals surface area contributed by atoms with Gasteiger partial charge in [0.15, 0.2) is 0 Å².